The highest BCUT2D eigenvalue weighted by Crippen LogP contribution is 2.30. The normalized spacial score (nSPS) is 11.0. The van der Waals surface area contributed by atoms with Crippen LogP contribution in [0.15, 0.2) is 71.6 Å². The van der Waals surface area contributed by atoms with E-state index in [0.29, 0.717) is 27.9 Å². The average molecular weight is 475 g/mol. The van der Waals surface area contributed by atoms with Gasteiger partial charge >= 0.3 is 0 Å². The lowest BCUT2D eigenvalue weighted by atomic mass is 10.2. The summed E-state index contributed by atoms with van der Waals surface area (Å²) in [4.78, 5) is 12.9. The number of hydrogen-bond acceptors (Lipinski definition) is 5. The van der Waals surface area contributed by atoms with Gasteiger partial charge in [0.1, 0.15) is 18.0 Å². The number of carbonyl (C=O) groups is 1. The zero-order valence-corrected chi connectivity index (χ0v) is 19.4. The Morgan fingerprint density at radius 2 is 1.72 bits per heavy atom. The fraction of sp³-hybridized carbons (Fsp3) is 0.174. The first-order valence-electron chi connectivity index (χ1n) is 9.61. The van der Waals surface area contributed by atoms with Gasteiger partial charge in [0, 0.05) is 11.1 Å². The summed E-state index contributed by atoms with van der Waals surface area (Å²) in [7, 11) is -1.05. The molecule has 9 heteroatoms. The molecule has 32 heavy (non-hydrogen) atoms. The lowest BCUT2D eigenvalue weighted by molar-refractivity contribution is -0.114. The van der Waals surface area contributed by atoms with E-state index in [-0.39, 0.29) is 4.90 Å². The van der Waals surface area contributed by atoms with E-state index in [1.165, 1.54) is 38.5 Å². The number of nitrogens with one attached hydrogen (secondary N) is 1. The van der Waals surface area contributed by atoms with Gasteiger partial charge in [0.25, 0.3) is 10.0 Å². The summed E-state index contributed by atoms with van der Waals surface area (Å²) in [5, 5.41) is 3.13. The minimum atomic E-state index is -4.04. The number of amides is 1. The van der Waals surface area contributed by atoms with Crippen molar-refractivity contribution in [1.29, 1.82) is 0 Å². The summed E-state index contributed by atoms with van der Waals surface area (Å²) in [6, 6.07) is 17.6. The van der Waals surface area contributed by atoms with E-state index in [1.807, 2.05) is 13.0 Å². The van der Waals surface area contributed by atoms with E-state index in [4.69, 9.17) is 21.1 Å². The van der Waals surface area contributed by atoms with Crippen LogP contribution in [-0.2, 0) is 14.8 Å². The molecule has 0 atom stereocenters. The molecule has 3 aromatic carbocycles. The Morgan fingerprint density at radius 1 is 1.00 bits per heavy atom. The molecule has 0 fully saturated rings. The van der Waals surface area contributed by atoms with Gasteiger partial charge in [-0.1, -0.05) is 23.7 Å². The Balaban J connectivity index is 1.94. The lowest BCUT2D eigenvalue weighted by Crippen LogP contribution is -2.38. The van der Waals surface area contributed by atoms with Gasteiger partial charge in [0.05, 0.1) is 30.5 Å². The fourth-order valence-electron chi connectivity index (χ4n) is 3.05. The van der Waals surface area contributed by atoms with Crippen LogP contribution in [0.2, 0.25) is 5.02 Å². The minimum absolute atomic E-state index is 0.0261. The fourth-order valence-corrected chi connectivity index (χ4v) is 4.59. The first-order chi connectivity index (χ1) is 15.2. The van der Waals surface area contributed by atoms with Gasteiger partial charge in [-0.05, 0) is 61.0 Å². The quantitative estimate of drug-likeness (QED) is 0.519. The number of aryl methyl sites for hydroxylation is 1. The second-order valence-corrected chi connectivity index (χ2v) is 9.22. The van der Waals surface area contributed by atoms with Crippen molar-refractivity contribution in [2.75, 3.05) is 30.4 Å². The molecule has 1 N–H and O–H groups in total. The molecule has 0 saturated heterocycles. The number of anilines is 2. The third-order valence-corrected chi connectivity index (χ3v) is 6.70. The molecule has 0 aliphatic rings. The van der Waals surface area contributed by atoms with Crippen molar-refractivity contribution in [2.45, 2.75) is 11.8 Å². The standard InChI is InChI=1S/C23H23ClN2O5S/c1-16-5-4-6-18(13-16)26(32(28,29)20-10-7-17(24)8-11-20)15-23(27)25-21-12-9-19(30-2)14-22(21)31-3/h4-14H,15H2,1-3H3,(H,25,27). The summed E-state index contributed by atoms with van der Waals surface area (Å²) in [6.45, 7) is 1.41. The van der Waals surface area contributed by atoms with Crippen molar-refractivity contribution >= 4 is 38.9 Å². The number of halogens is 1. The summed E-state index contributed by atoms with van der Waals surface area (Å²) in [5.41, 5.74) is 1.62. The molecule has 168 valence electrons. The largest absolute Gasteiger partial charge is 0.497 e. The first kappa shape index (κ1) is 23.4. The SMILES string of the molecule is COc1ccc(NC(=O)CN(c2cccc(C)c2)S(=O)(=O)c2ccc(Cl)cc2)c(OC)c1. The number of hydrogen-bond donors (Lipinski definition) is 1. The second-order valence-electron chi connectivity index (χ2n) is 6.92. The molecule has 7 nitrogen and oxygen atoms in total. The molecular formula is C23H23ClN2O5S. The summed E-state index contributed by atoms with van der Waals surface area (Å²) < 4.78 is 38.4. The van der Waals surface area contributed by atoms with E-state index < -0.39 is 22.5 Å². The van der Waals surface area contributed by atoms with Crippen LogP contribution in [0.25, 0.3) is 0 Å². The molecule has 0 unspecified atom stereocenters. The van der Waals surface area contributed by atoms with Crippen molar-refractivity contribution in [3.63, 3.8) is 0 Å². The Kier molecular flexibility index (Phi) is 7.27. The van der Waals surface area contributed by atoms with Crippen LogP contribution < -0.4 is 19.1 Å². The molecule has 1 amide bonds. The number of rotatable bonds is 8. The van der Waals surface area contributed by atoms with Crippen LogP contribution in [0.3, 0.4) is 0 Å². The molecule has 0 heterocycles. The molecule has 3 aromatic rings. The van der Waals surface area contributed by atoms with Crippen LogP contribution in [0.1, 0.15) is 5.56 Å². The monoisotopic (exact) mass is 474 g/mol. The summed E-state index contributed by atoms with van der Waals surface area (Å²) >= 11 is 5.91. The number of sulfonamides is 1. The highest BCUT2D eigenvalue weighted by Gasteiger charge is 2.27. The van der Waals surface area contributed by atoms with Crippen molar-refractivity contribution < 1.29 is 22.7 Å². The topological polar surface area (TPSA) is 84.9 Å². The molecule has 0 aliphatic carbocycles. The predicted octanol–water partition coefficient (Wildman–Crippen LogP) is 4.50. The molecule has 0 aromatic heterocycles. The van der Waals surface area contributed by atoms with Gasteiger partial charge in [0.2, 0.25) is 5.91 Å². The summed E-state index contributed by atoms with van der Waals surface area (Å²) in [5.74, 6) is 0.416. The Bertz CT molecular complexity index is 1210. The van der Waals surface area contributed by atoms with Gasteiger partial charge < -0.3 is 14.8 Å². The smallest absolute Gasteiger partial charge is 0.264 e. The van der Waals surface area contributed by atoms with Gasteiger partial charge in [0.15, 0.2) is 0 Å². The minimum Gasteiger partial charge on any atom is -0.497 e. The zero-order valence-electron chi connectivity index (χ0n) is 17.8. The molecular weight excluding hydrogens is 452 g/mol. The molecule has 0 radical (unpaired) electrons. The van der Waals surface area contributed by atoms with Crippen molar-refractivity contribution in [3.8, 4) is 11.5 Å². The van der Waals surface area contributed by atoms with Crippen LogP contribution in [0.4, 0.5) is 11.4 Å². The van der Waals surface area contributed by atoms with Crippen LogP contribution in [0.5, 0.6) is 11.5 Å². The molecule has 0 saturated carbocycles. The van der Waals surface area contributed by atoms with E-state index in [1.54, 1.807) is 36.4 Å². The van der Waals surface area contributed by atoms with Crippen molar-refractivity contribution in [3.05, 3.63) is 77.3 Å². The maximum absolute atomic E-state index is 13.4. The van der Waals surface area contributed by atoms with E-state index in [0.717, 1.165) is 9.87 Å². The van der Waals surface area contributed by atoms with E-state index in [2.05, 4.69) is 5.32 Å². The lowest BCUT2D eigenvalue weighted by Gasteiger charge is -2.24. The number of carbonyl (C=O) groups excluding carboxylic acids is 1. The van der Waals surface area contributed by atoms with Crippen LogP contribution in [0, 0.1) is 6.92 Å². The van der Waals surface area contributed by atoms with Crippen molar-refractivity contribution in [2.24, 2.45) is 0 Å². The zero-order chi connectivity index (χ0) is 23.3. The third kappa shape index (κ3) is 5.33. The van der Waals surface area contributed by atoms with Gasteiger partial charge in [-0.2, -0.15) is 0 Å². The third-order valence-electron chi connectivity index (χ3n) is 4.66. The van der Waals surface area contributed by atoms with Crippen LogP contribution in [-0.4, -0.2) is 35.1 Å². The molecule has 0 aliphatic heterocycles. The molecule has 0 spiro atoms. The van der Waals surface area contributed by atoms with E-state index in [9.17, 15) is 13.2 Å². The number of nitrogens with zero attached hydrogens (tertiary/aromatic N) is 1. The second kappa shape index (κ2) is 9.93. The highest BCUT2D eigenvalue weighted by molar-refractivity contribution is 7.92. The number of benzene rings is 3. The molecule has 3 rings (SSSR count). The maximum atomic E-state index is 13.4. The first-order valence-corrected chi connectivity index (χ1v) is 11.4. The predicted molar refractivity (Wildman–Crippen MR) is 125 cm³/mol. The van der Waals surface area contributed by atoms with Crippen molar-refractivity contribution in [1.82, 2.24) is 0 Å². The van der Waals surface area contributed by atoms with Gasteiger partial charge in [-0.3, -0.25) is 9.10 Å². The summed E-state index contributed by atoms with van der Waals surface area (Å²) in [6.07, 6.45) is 0. The number of methoxy groups -OCH3 is 2. The highest BCUT2D eigenvalue weighted by atomic mass is 35.5. The molecule has 0 bridgehead atoms. The van der Waals surface area contributed by atoms with Gasteiger partial charge in [-0.15, -0.1) is 0 Å². The number of ether oxygens (including phenoxy) is 2. The maximum Gasteiger partial charge on any atom is 0.264 e. The Labute approximate surface area is 192 Å². The Morgan fingerprint density at radius 3 is 2.34 bits per heavy atom. The Hall–Kier alpha value is -3.23. The van der Waals surface area contributed by atoms with E-state index >= 15 is 0 Å². The van der Waals surface area contributed by atoms with Crippen LogP contribution >= 0.6 is 11.6 Å². The average Bonchev–Trinajstić information content (AvgIpc) is 2.78. The van der Waals surface area contributed by atoms with Gasteiger partial charge in [-0.25, -0.2) is 8.42 Å².